The van der Waals surface area contributed by atoms with E-state index in [0.717, 1.165) is 40.0 Å². The summed E-state index contributed by atoms with van der Waals surface area (Å²) >= 11 is 13.7. The Bertz CT molecular complexity index is 1160. The summed E-state index contributed by atoms with van der Waals surface area (Å²) in [6.07, 6.45) is 0. The number of aromatic nitrogens is 4. The van der Waals surface area contributed by atoms with Crippen molar-refractivity contribution in [3.63, 3.8) is 0 Å². The summed E-state index contributed by atoms with van der Waals surface area (Å²) in [4.78, 5) is 0. The minimum atomic E-state index is 0.423. The molecule has 0 saturated carbocycles. The Morgan fingerprint density at radius 2 is 1.75 bits per heavy atom. The molecule has 0 saturated heterocycles. The molecule has 32 heavy (non-hydrogen) atoms. The van der Waals surface area contributed by atoms with Crippen molar-refractivity contribution in [1.29, 1.82) is 0 Å². The third-order valence-corrected chi connectivity index (χ3v) is 6.28. The molecular weight excluding hydrogens is 465 g/mol. The second-order valence-electron chi connectivity index (χ2n) is 6.88. The molecule has 0 aliphatic rings. The predicted octanol–water partition coefficient (Wildman–Crippen LogP) is 5.43. The number of ether oxygens (including phenoxy) is 1. The molecule has 4 aromatic rings. The molecule has 1 heterocycles. The van der Waals surface area contributed by atoms with Gasteiger partial charge in [0.2, 0.25) is 5.16 Å². The molecule has 3 aromatic carbocycles. The molecule has 0 bridgehead atoms. The first-order valence-electron chi connectivity index (χ1n) is 10.0. The van der Waals surface area contributed by atoms with Gasteiger partial charge in [-0.25, -0.2) is 0 Å². The van der Waals surface area contributed by atoms with Gasteiger partial charge >= 0.3 is 0 Å². The van der Waals surface area contributed by atoms with E-state index in [1.165, 1.54) is 0 Å². The molecule has 4 rings (SSSR count). The molecule has 0 fully saturated rings. The zero-order valence-corrected chi connectivity index (χ0v) is 19.4. The summed E-state index contributed by atoms with van der Waals surface area (Å²) in [6.45, 7) is 1.92. The van der Waals surface area contributed by atoms with Crippen molar-refractivity contribution in [3.8, 4) is 11.4 Å². The molecule has 0 radical (unpaired) electrons. The summed E-state index contributed by atoms with van der Waals surface area (Å²) < 4.78 is 7.77. The van der Waals surface area contributed by atoms with E-state index in [1.54, 1.807) is 22.5 Å². The van der Waals surface area contributed by atoms with Crippen LogP contribution < -0.4 is 10.1 Å². The lowest BCUT2D eigenvalue weighted by molar-refractivity contribution is 0.302. The van der Waals surface area contributed by atoms with Gasteiger partial charge in [0.25, 0.3) is 0 Å². The van der Waals surface area contributed by atoms with Gasteiger partial charge in [-0.2, -0.15) is 4.68 Å². The van der Waals surface area contributed by atoms with E-state index >= 15 is 0 Å². The molecule has 164 valence electrons. The number of para-hydroxylation sites is 2. The number of halogens is 2. The first kappa shape index (κ1) is 22.6. The number of nitrogens with one attached hydrogen (secondary N) is 1. The van der Waals surface area contributed by atoms with Crippen LogP contribution in [0.25, 0.3) is 5.69 Å². The Labute approximate surface area is 200 Å². The van der Waals surface area contributed by atoms with Gasteiger partial charge in [-0.3, -0.25) is 0 Å². The average molecular weight is 486 g/mol. The normalized spacial score (nSPS) is 10.9. The lowest BCUT2D eigenvalue weighted by Crippen LogP contribution is -2.17. The number of hydrogen-bond acceptors (Lipinski definition) is 6. The van der Waals surface area contributed by atoms with Crippen molar-refractivity contribution >= 4 is 35.0 Å². The maximum atomic E-state index is 6.09. The molecule has 0 aliphatic carbocycles. The van der Waals surface area contributed by atoms with E-state index < -0.39 is 0 Å². The lowest BCUT2D eigenvalue weighted by Gasteiger charge is -2.12. The van der Waals surface area contributed by atoms with E-state index in [0.29, 0.717) is 23.2 Å². The van der Waals surface area contributed by atoms with E-state index in [1.807, 2.05) is 60.7 Å². The molecule has 1 N–H and O–H groups in total. The van der Waals surface area contributed by atoms with Gasteiger partial charge in [0, 0.05) is 24.4 Å². The van der Waals surface area contributed by atoms with Crippen molar-refractivity contribution in [3.05, 3.63) is 94.0 Å². The maximum absolute atomic E-state index is 6.09. The molecule has 0 atom stereocenters. The Hall–Kier alpha value is -2.58. The fourth-order valence-electron chi connectivity index (χ4n) is 3.02. The number of hydrogen-bond donors (Lipinski definition) is 1. The highest BCUT2D eigenvalue weighted by Gasteiger charge is 2.09. The summed E-state index contributed by atoms with van der Waals surface area (Å²) in [6, 6.07) is 23.4. The number of tetrazole rings is 1. The van der Waals surface area contributed by atoms with Gasteiger partial charge in [-0.1, -0.05) is 77.4 Å². The zero-order chi connectivity index (χ0) is 22.2. The van der Waals surface area contributed by atoms with E-state index in [9.17, 15) is 0 Å². The summed E-state index contributed by atoms with van der Waals surface area (Å²) in [5, 5.41) is 17.3. The fraction of sp³-hybridized carbons (Fsp3) is 0.174. The van der Waals surface area contributed by atoms with Crippen LogP contribution >= 0.6 is 35.0 Å². The van der Waals surface area contributed by atoms with Gasteiger partial charge in [0.05, 0.1) is 15.7 Å². The van der Waals surface area contributed by atoms with Crippen LogP contribution in [-0.4, -0.2) is 32.5 Å². The smallest absolute Gasteiger partial charge is 0.214 e. The first-order valence-corrected chi connectivity index (χ1v) is 11.8. The van der Waals surface area contributed by atoms with Crippen LogP contribution in [0.1, 0.15) is 11.1 Å². The Balaban J connectivity index is 1.26. The number of benzene rings is 3. The number of thioether (sulfide) groups is 1. The predicted molar refractivity (Wildman–Crippen MR) is 129 cm³/mol. The summed E-state index contributed by atoms with van der Waals surface area (Å²) in [7, 11) is 0. The summed E-state index contributed by atoms with van der Waals surface area (Å²) in [5.74, 6) is 1.67. The highest BCUT2D eigenvalue weighted by Crippen LogP contribution is 2.24. The molecule has 0 spiro atoms. The van der Waals surface area contributed by atoms with Crippen molar-refractivity contribution in [2.75, 3.05) is 12.3 Å². The largest absolute Gasteiger partial charge is 0.489 e. The second-order valence-corrected chi connectivity index (χ2v) is 8.76. The van der Waals surface area contributed by atoms with Gasteiger partial charge in [-0.15, -0.1) is 5.10 Å². The molecule has 6 nitrogen and oxygen atoms in total. The third kappa shape index (κ3) is 6.01. The number of nitrogens with zero attached hydrogens (tertiary/aromatic N) is 4. The molecule has 0 amide bonds. The van der Waals surface area contributed by atoms with Crippen LogP contribution in [0.4, 0.5) is 0 Å². The van der Waals surface area contributed by atoms with Gasteiger partial charge in [-0.05, 0) is 46.3 Å². The van der Waals surface area contributed by atoms with E-state index in [-0.39, 0.29) is 0 Å². The first-order chi connectivity index (χ1) is 15.7. The van der Waals surface area contributed by atoms with Crippen LogP contribution in [0.15, 0.2) is 78.0 Å². The molecule has 1 aromatic heterocycles. The lowest BCUT2D eigenvalue weighted by atomic mass is 10.2. The van der Waals surface area contributed by atoms with E-state index in [4.69, 9.17) is 27.9 Å². The molecule has 0 unspecified atom stereocenters. The van der Waals surface area contributed by atoms with Crippen molar-refractivity contribution in [1.82, 2.24) is 25.5 Å². The van der Waals surface area contributed by atoms with Crippen LogP contribution in [-0.2, 0) is 13.2 Å². The topological polar surface area (TPSA) is 64.9 Å². The second kappa shape index (κ2) is 11.3. The van der Waals surface area contributed by atoms with Crippen LogP contribution in [0.3, 0.4) is 0 Å². The van der Waals surface area contributed by atoms with Crippen LogP contribution in [0, 0.1) is 0 Å². The average Bonchev–Trinajstić information content (AvgIpc) is 3.29. The van der Waals surface area contributed by atoms with Gasteiger partial charge < -0.3 is 10.1 Å². The molecular formula is C23H21Cl2N5OS. The zero-order valence-electron chi connectivity index (χ0n) is 17.1. The third-order valence-electron chi connectivity index (χ3n) is 4.62. The standard InChI is InChI=1S/C23H21Cl2N5OS/c24-20-11-10-17(14-21(20)25)16-31-22-9-5-4-6-18(22)15-26-12-13-32-23-27-28-29-30(23)19-7-2-1-3-8-19/h1-11,14,26H,12-13,15-16H2. The highest BCUT2D eigenvalue weighted by atomic mass is 35.5. The molecule has 9 heteroatoms. The summed E-state index contributed by atoms with van der Waals surface area (Å²) in [5.41, 5.74) is 3.00. The van der Waals surface area contributed by atoms with Gasteiger partial charge in [0.1, 0.15) is 12.4 Å². The van der Waals surface area contributed by atoms with E-state index in [2.05, 4.69) is 26.9 Å². The fourth-order valence-corrected chi connectivity index (χ4v) is 4.13. The Morgan fingerprint density at radius 3 is 2.59 bits per heavy atom. The minimum absolute atomic E-state index is 0.423. The van der Waals surface area contributed by atoms with Gasteiger partial charge in [0.15, 0.2) is 0 Å². The number of rotatable bonds is 10. The highest BCUT2D eigenvalue weighted by molar-refractivity contribution is 7.99. The maximum Gasteiger partial charge on any atom is 0.214 e. The monoisotopic (exact) mass is 485 g/mol. The van der Waals surface area contributed by atoms with Crippen LogP contribution in [0.2, 0.25) is 10.0 Å². The Morgan fingerprint density at radius 1 is 0.938 bits per heavy atom. The van der Waals surface area contributed by atoms with Crippen molar-refractivity contribution < 1.29 is 4.74 Å². The molecule has 0 aliphatic heterocycles. The van der Waals surface area contributed by atoms with Crippen molar-refractivity contribution in [2.45, 2.75) is 18.3 Å². The van der Waals surface area contributed by atoms with Crippen molar-refractivity contribution in [2.24, 2.45) is 0 Å². The minimum Gasteiger partial charge on any atom is -0.489 e. The quantitative estimate of drug-likeness (QED) is 0.238. The SMILES string of the molecule is Clc1ccc(COc2ccccc2CNCCSc2nnnn2-c2ccccc2)cc1Cl. The van der Waals surface area contributed by atoms with Crippen LogP contribution in [0.5, 0.6) is 5.75 Å². The Kier molecular flexibility index (Phi) is 8.01.